The van der Waals surface area contributed by atoms with Crippen LogP contribution >= 0.6 is 0 Å². The van der Waals surface area contributed by atoms with Crippen LogP contribution in [-0.4, -0.2) is 16.7 Å². The van der Waals surface area contributed by atoms with Crippen LogP contribution in [0.25, 0.3) is 0 Å². The van der Waals surface area contributed by atoms with Crippen molar-refractivity contribution in [1.29, 1.82) is 0 Å². The lowest BCUT2D eigenvalue weighted by Crippen LogP contribution is -2.42. The zero-order chi connectivity index (χ0) is 9.61. The number of unbranched alkanes of at least 4 members (excludes halogenated alkanes) is 2. The number of aliphatic hydroxyl groups is 1. The SMILES string of the molecule is CCCCCC(=O)NC(C)(C)O. The van der Waals surface area contributed by atoms with Crippen LogP contribution in [0, 0.1) is 0 Å². The second-order valence-corrected chi connectivity index (χ2v) is 3.56. The van der Waals surface area contributed by atoms with Crippen LogP contribution in [-0.2, 0) is 4.79 Å². The van der Waals surface area contributed by atoms with Crippen molar-refractivity contribution in [2.24, 2.45) is 0 Å². The molecule has 72 valence electrons. The van der Waals surface area contributed by atoms with E-state index in [1.807, 2.05) is 0 Å². The van der Waals surface area contributed by atoms with Gasteiger partial charge in [-0.1, -0.05) is 19.8 Å². The highest BCUT2D eigenvalue weighted by Gasteiger charge is 2.14. The average molecular weight is 173 g/mol. The highest BCUT2D eigenvalue weighted by molar-refractivity contribution is 5.76. The van der Waals surface area contributed by atoms with Gasteiger partial charge in [0.25, 0.3) is 0 Å². The van der Waals surface area contributed by atoms with Crippen molar-refractivity contribution in [3.05, 3.63) is 0 Å². The first kappa shape index (κ1) is 11.4. The fourth-order valence-corrected chi connectivity index (χ4v) is 0.939. The summed E-state index contributed by atoms with van der Waals surface area (Å²) in [5.74, 6) is -0.0732. The minimum Gasteiger partial charge on any atom is -0.372 e. The maximum absolute atomic E-state index is 11.1. The summed E-state index contributed by atoms with van der Waals surface area (Å²) in [6.45, 7) is 5.21. The van der Waals surface area contributed by atoms with Crippen LogP contribution in [0.15, 0.2) is 0 Å². The molecule has 0 fully saturated rings. The summed E-state index contributed by atoms with van der Waals surface area (Å²) < 4.78 is 0. The maximum atomic E-state index is 11.1. The van der Waals surface area contributed by atoms with E-state index >= 15 is 0 Å². The van der Waals surface area contributed by atoms with E-state index in [0.717, 1.165) is 19.3 Å². The second-order valence-electron chi connectivity index (χ2n) is 3.56. The molecule has 0 aliphatic carbocycles. The molecule has 0 atom stereocenters. The van der Waals surface area contributed by atoms with Gasteiger partial charge in [0.1, 0.15) is 5.72 Å². The summed E-state index contributed by atoms with van der Waals surface area (Å²) in [6, 6.07) is 0. The molecule has 3 nitrogen and oxygen atoms in total. The van der Waals surface area contributed by atoms with Gasteiger partial charge in [0.2, 0.25) is 5.91 Å². The third-order valence-corrected chi connectivity index (χ3v) is 1.45. The normalized spacial score (nSPS) is 11.3. The third-order valence-electron chi connectivity index (χ3n) is 1.45. The van der Waals surface area contributed by atoms with E-state index in [-0.39, 0.29) is 5.91 Å². The van der Waals surface area contributed by atoms with E-state index in [1.165, 1.54) is 0 Å². The topological polar surface area (TPSA) is 49.3 Å². The molecule has 0 spiro atoms. The van der Waals surface area contributed by atoms with Gasteiger partial charge in [-0.05, 0) is 20.3 Å². The van der Waals surface area contributed by atoms with Gasteiger partial charge in [-0.3, -0.25) is 4.79 Å². The lowest BCUT2D eigenvalue weighted by Gasteiger charge is -2.18. The van der Waals surface area contributed by atoms with Crippen LogP contribution in [0.3, 0.4) is 0 Å². The molecular weight excluding hydrogens is 154 g/mol. The van der Waals surface area contributed by atoms with Gasteiger partial charge in [-0.2, -0.15) is 0 Å². The van der Waals surface area contributed by atoms with Crippen molar-refractivity contribution in [3.8, 4) is 0 Å². The molecule has 0 aliphatic rings. The summed E-state index contributed by atoms with van der Waals surface area (Å²) in [4.78, 5) is 11.1. The quantitative estimate of drug-likeness (QED) is 0.488. The monoisotopic (exact) mass is 173 g/mol. The summed E-state index contributed by atoms with van der Waals surface area (Å²) in [5.41, 5.74) is -1.08. The number of amides is 1. The van der Waals surface area contributed by atoms with E-state index < -0.39 is 5.72 Å². The van der Waals surface area contributed by atoms with E-state index in [0.29, 0.717) is 6.42 Å². The Morgan fingerprint density at radius 1 is 1.42 bits per heavy atom. The molecule has 0 bridgehead atoms. The van der Waals surface area contributed by atoms with Gasteiger partial charge in [0.05, 0.1) is 0 Å². The Balaban J connectivity index is 3.47. The number of rotatable bonds is 5. The Morgan fingerprint density at radius 2 is 2.00 bits per heavy atom. The van der Waals surface area contributed by atoms with E-state index in [9.17, 15) is 9.90 Å². The van der Waals surface area contributed by atoms with Crippen LogP contribution in [0.5, 0.6) is 0 Å². The Labute approximate surface area is 74.2 Å². The second kappa shape index (κ2) is 5.14. The number of carbonyl (C=O) groups excluding carboxylic acids is 1. The molecule has 0 radical (unpaired) electrons. The molecule has 3 heteroatoms. The van der Waals surface area contributed by atoms with E-state index in [4.69, 9.17) is 0 Å². The molecule has 0 aromatic rings. The zero-order valence-corrected chi connectivity index (χ0v) is 8.18. The van der Waals surface area contributed by atoms with Gasteiger partial charge < -0.3 is 10.4 Å². The Bertz CT molecular complexity index is 138. The fraction of sp³-hybridized carbons (Fsp3) is 0.889. The van der Waals surface area contributed by atoms with E-state index in [2.05, 4.69) is 12.2 Å². The summed E-state index contributed by atoms with van der Waals surface area (Å²) in [7, 11) is 0. The molecule has 0 unspecified atom stereocenters. The van der Waals surface area contributed by atoms with Crippen molar-refractivity contribution < 1.29 is 9.90 Å². The highest BCUT2D eigenvalue weighted by atomic mass is 16.3. The number of carbonyl (C=O) groups is 1. The number of hydrogen-bond donors (Lipinski definition) is 2. The minimum absolute atomic E-state index is 0.0732. The lowest BCUT2D eigenvalue weighted by molar-refractivity contribution is -0.127. The molecule has 1 amide bonds. The molecule has 2 N–H and O–H groups in total. The van der Waals surface area contributed by atoms with Crippen molar-refractivity contribution in [1.82, 2.24) is 5.32 Å². The predicted molar refractivity (Wildman–Crippen MR) is 48.6 cm³/mol. The molecule has 0 aliphatic heterocycles. The number of hydrogen-bond acceptors (Lipinski definition) is 2. The molecule has 0 aromatic carbocycles. The summed E-state index contributed by atoms with van der Waals surface area (Å²) in [5, 5.41) is 11.7. The Morgan fingerprint density at radius 3 is 2.42 bits per heavy atom. The van der Waals surface area contributed by atoms with Crippen LogP contribution in [0.2, 0.25) is 0 Å². The first-order valence-electron chi connectivity index (χ1n) is 4.49. The molecule has 0 heterocycles. The van der Waals surface area contributed by atoms with Gasteiger partial charge in [0, 0.05) is 6.42 Å². The Hall–Kier alpha value is -0.570. The largest absolute Gasteiger partial charge is 0.372 e. The summed E-state index contributed by atoms with van der Waals surface area (Å²) >= 11 is 0. The van der Waals surface area contributed by atoms with Crippen LogP contribution < -0.4 is 5.32 Å². The van der Waals surface area contributed by atoms with Crippen molar-refractivity contribution in [2.75, 3.05) is 0 Å². The van der Waals surface area contributed by atoms with Gasteiger partial charge in [-0.15, -0.1) is 0 Å². The van der Waals surface area contributed by atoms with Crippen LogP contribution in [0.4, 0.5) is 0 Å². The molecule has 0 saturated heterocycles. The Kier molecular flexibility index (Phi) is 4.90. The van der Waals surface area contributed by atoms with Crippen LogP contribution in [0.1, 0.15) is 46.5 Å². The summed E-state index contributed by atoms with van der Waals surface area (Å²) in [6.07, 6.45) is 3.59. The predicted octanol–water partition coefficient (Wildman–Crippen LogP) is 1.41. The minimum atomic E-state index is -1.08. The smallest absolute Gasteiger partial charge is 0.222 e. The van der Waals surface area contributed by atoms with E-state index in [1.54, 1.807) is 13.8 Å². The van der Waals surface area contributed by atoms with Gasteiger partial charge in [-0.25, -0.2) is 0 Å². The molecule has 12 heavy (non-hydrogen) atoms. The maximum Gasteiger partial charge on any atom is 0.222 e. The highest BCUT2D eigenvalue weighted by Crippen LogP contribution is 2.01. The fourth-order valence-electron chi connectivity index (χ4n) is 0.939. The van der Waals surface area contributed by atoms with Crippen molar-refractivity contribution >= 4 is 5.91 Å². The van der Waals surface area contributed by atoms with Gasteiger partial charge >= 0.3 is 0 Å². The first-order valence-corrected chi connectivity index (χ1v) is 4.49. The molecule has 0 rings (SSSR count). The lowest BCUT2D eigenvalue weighted by atomic mass is 10.2. The molecular formula is C9H19NO2. The molecule has 0 saturated carbocycles. The third kappa shape index (κ3) is 7.54. The van der Waals surface area contributed by atoms with Crippen molar-refractivity contribution in [2.45, 2.75) is 52.2 Å². The number of nitrogens with one attached hydrogen (secondary N) is 1. The average Bonchev–Trinajstić information content (AvgIpc) is 1.84. The zero-order valence-electron chi connectivity index (χ0n) is 8.18. The first-order chi connectivity index (χ1) is 5.45. The van der Waals surface area contributed by atoms with Crippen molar-refractivity contribution in [3.63, 3.8) is 0 Å². The molecule has 0 aromatic heterocycles. The standard InChI is InChI=1S/C9H19NO2/c1-4-5-6-7-8(11)10-9(2,3)12/h12H,4-7H2,1-3H3,(H,10,11). The van der Waals surface area contributed by atoms with Gasteiger partial charge in [0.15, 0.2) is 0 Å².